The van der Waals surface area contributed by atoms with Crippen LogP contribution >= 0.6 is 11.6 Å². The number of pyridine rings is 1. The van der Waals surface area contributed by atoms with Gasteiger partial charge in [0, 0.05) is 17.5 Å². The highest BCUT2D eigenvalue weighted by atomic mass is 35.5. The van der Waals surface area contributed by atoms with Gasteiger partial charge in [-0.1, -0.05) is 11.6 Å². The molecule has 0 aliphatic carbocycles. The summed E-state index contributed by atoms with van der Waals surface area (Å²) in [7, 11) is 0. The van der Waals surface area contributed by atoms with E-state index in [1.807, 2.05) is 12.1 Å². The smallest absolute Gasteiger partial charge is 0.0900 e. The van der Waals surface area contributed by atoms with Gasteiger partial charge in [-0.05, 0) is 18.2 Å². The summed E-state index contributed by atoms with van der Waals surface area (Å²) in [4.78, 5) is 7.45. The number of nitrogens with zero attached hydrogens (tertiary/aromatic N) is 3. The molecule has 0 atom stereocenters. The van der Waals surface area contributed by atoms with Crippen molar-refractivity contribution in [2.45, 2.75) is 0 Å². The van der Waals surface area contributed by atoms with E-state index in [4.69, 9.17) is 11.6 Å². The second-order valence-corrected chi connectivity index (χ2v) is 3.77. The maximum atomic E-state index is 6.06. The van der Waals surface area contributed by atoms with Crippen molar-refractivity contribution in [3.63, 3.8) is 0 Å². The van der Waals surface area contributed by atoms with E-state index in [0.29, 0.717) is 5.02 Å². The summed E-state index contributed by atoms with van der Waals surface area (Å²) in [5.41, 5.74) is 3.59. The van der Waals surface area contributed by atoms with Crippen molar-refractivity contribution < 1.29 is 0 Å². The number of rotatable bonds is 1. The third-order valence-electron chi connectivity index (χ3n) is 2.37. The molecule has 3 aromatic rings. The van der Waals surface area contributed by atoms with Crippen LogP contribution in [0.15, 0.2) is 36.8 Å². The Kier molecular flexibility index (Phi) is 2.08. The Morgan fingerprint density at radius 1 is 1.12 bits per heavy atom. The van der Waals surface area contributed by atoms with Crippen molar-refractivity contribution in [2.24, 2.45) is 0 Å². The van der Waals surface area contributed by atoms with Crippen molar-refractivity contribution >= 4 is 22.6 Å². The lowest BCUT2D eigenvalue weighted by Gasteiger charge is -1.94. The van der Waals surface area contributed by atoms with Crippen molar-refractivity contribution in [3.8, 4) is 11.3 Å². The first kappa shape index (κ1) is 9.30. The average molecular weight is 231 g/mol. The zero-order valence-electron chi connectivity index (χ0n) is 8.18. The summed E-state index contributed by atoms with van der Waals surface area (Å²) < 4.78 is 0. The number of aromatic amines is 1. The number of aromatic nitrogens is 4. The predicted molar refractivity (Wildman–Crippen MR) is 62.1 cm³/mol. The summed E-state index contributed by atoms with van der Waals surface area (Å²) in [6.07, 6.45) is 5.03. The predicted octanol–water partition coefficient (Wildman–Crippen LogP) is 2.67. The van der Waals surface area contributed by atoms with Crippen LogP contribution in [0, 0.1) is 0 Å². The van der Waals surface area contributed by atoms with Crippen LogP contribution in [0.5, 0.6) is 0 Å². The van der Waals surface area contributed by atoms with Gasteiger partial charge in [0.2, 0.25) is 0 Å². The number of H-pyrrole nitrogens is 1. The molecule has 0 saturated heterocycles. The van der Waals surface area contributed by atoms with Gasteiger partial charge in [-0.25, -0.2) is 0 Å². The number of hydrogen-bond acceptors (Lipinski definition) is 3. The molecule has 0 spiro atoms. The number of nitrogens with one attached hydrogen (secondary N) is 1. The van der Waals surface area contributed by atoms with E-state index in [0.717, 1.165) is 22.3 Å². The fraction of sp³-hybridized carbons (Fsp3) is 0. The largest absolute Gasteiger partial charge is 0.352 e. The third-order valence-corrected chi connectivity index (χ3v) is 2.68. The van der Waals surface area contributed by atoms with Crippen LogP contribution in [0.3, 0.4) is 0 Å². The Hall–Kier alpha value is -1.94. The molecule has 0 aliphatic rings. The highest BCUT2D eigenvalue weighted by Gasteiger charge is 2.06. The van der Waals surface area contributed by atoms with Gasteiger partial charge in [0.05, 0.1) is 28.4 Å². The Morgan fingerprint density at radius 2 is 2.06 bits per heavy atom. The molecule has 3 heterocycles. The second-order valence-electron chi connectivity index (χ2n) is 3.37. The van der Waals surface area contributed by atoms with Crippen molar-refractivity contribution in [3.05, 3.63) is 41.8 Å². The van der Waals surface area contributed by atoms with Gasteiger partial charge >= 0.3 is 0 Å². The standard InChI is InChI=1S/C11H7ClN4/c12-8-2-3-13-10-5-9(16-11(8)10)7-1-4-14-15-6-7/h1-6,16H. The maximum Gasteiger partial charge on any atom is 0.0900 e. The molecule has 3 rings (SSSR count). The van der Waals surface area contributed by atoms with Crippen LogP contribution in [0.25, 0.3) is 22.3 Å². The molecule has 0 saturated carbocycles. The first-order valence-electron chi connectivity index (χ1n) is 4.75. The van der Waals surface area contributed by atoms with Crippen LogP contribution in [-0.4, -0.2) is 20.2 Å². The Labute approximate surface area is 96.3 Å². The molecule has 16 heavy (non-hydrogen) atoms. The summed E-state index contributed by atoms with van der Waals surface area (Å²) in [5, 5.41) is 8.23. The SMILES string of the molecule is Clc1ccnc2cc(-c3ccnnc3)[nH]c12. The number of fused-ring (bicyclic) bond motifs is 1. The highest BCUT2D eigenvalue weighted by Crippen LogP contribution is 2.26. The van der Waals surface area contributed by atoms with Gasteiger partial charge in [0.1, 0.15) is 0 Å². The zero-order chi connectivity index (χ0) is 11.0. The van der Waals surface area contributed by atoms with E-state index >= 15 is 0 Å². The monoisotopic (exact) mass is 230 g/mol. The molecule has 78 valence electrons. The normalized spacial score (nSPS) is 10.8. The fourth-order valence-electron chi connectivity index (χ4n) is 1.60. The van der Waals surface area contributed by atoms with Crippen molar-refractivity contribution in [1.29, 1.82) is 0 Å². The molecule has 3 aromatic heterocycles. The summed E-state index contributed by atoms with van der Waals surface area (Å²) >= 11 is 6.06. The van der Waals surface area contributed by atoms with Crippen molar-refractivity contribution in [2.75, 3.05) is 0 Å². The molecule has 1 N–H and O–H groups in total. The number of hydrogen-bond donors (Lipinski definition) is 1. The van der Waals surface area contributed by atoms with E-state index in [9.17, 15) is 0 Å². The van der Waals surface area contributed by atoms with Gasteiger partial charge < -0.3 is 4.98 Å². The Balaban J connectivity index is 2.23. The molecule has 5 heteroatoms. The van der Waals surface area contributed by atoms with Crippen LogP contribution in [0.2, 0.25) is 5.02 Å². The molecule has 4 nitrogen and oxygen atoms in total. The van der Waals surface area contributed by atoms with E-state index in [-0.39, 0.29) is 0 Å². The molecule has 0 aromatic carbocycles. The van der Waals surface area contributed by atoms with E-state index < -0.39 is 0 Å². The lowest BCUT2D eigenvalue weighted by Crippen LogP contribution is -1.81. The minimum Gasteiger partial charge on any atom is -0.352 e. The minimum atomic E-state index is 0.665. The van der Waals surface area contributed by atoms with E-state index in [2.05, 4.69) is 20.2 Å². The highest BCUT2D eigenvalue weighted by molar-refractivity contribution is 6.34. The fourth-order valence-corrected chi connectivity index (χ4v) is 1.80. The molecule has 0 unspecified atom stereocenters. The first-order chi connectivity index (χ1) is 7.84. The molecular formula is C11H7ClN4. The zero-order valence-corrected chi connectivity index (χ0v) is 8.94. The van der Waals surface area contributed by atoms with E-state index in [1.165, 1.54) is 0 Å². The molecule has 0 aliphatic heterocycles. The molecule has 0 radical (unpaired) electrons. The summed E-state index contributed by atoms with van der Waals surface area (Å²) in [6.45, 7) is 0. The quantitative estimate of drug-likeness (QED) is 0.699. The van der Waals surface area contributed by atoms with Gasteiger partial charge in [-0.2, -0.15) is 10.2 Å². The summed E-state index contributed by atoms with van der Waals surface area (Å²) in [5.74, 6) is 0. The Bertz CT molecular complexity index is 633. The lowest BCUT2D eigenvalue weighted by molar-refractivity contribution is 1.03. The van der Waals surface area contributed by atoms with Crippen molar-refractivity contribution in [1.82, 2.24) is 20.2 Å². The molecule has 0 amide bonds. The van der Waals surface area contributed by atoms with Crippen LogP contribution in [0.4, 0.5) is 0 Å². The van der Waals surface area contributed by atoms with Crippen LogP contribution in [0.1, 0.15) is 0 Å². The topological polar surface area (TPSA) is 54.5 Å². The summed E-state index contributed by atoms with van der Waals surface area (Å²) in [6, 6.07) is 5.58. The number of halogens is 1. The van der Waals surface area contributed by atoms with Gasteiger partial charge in [0.25, 0.3) is 0 Å². The first-order valence-corrected chi connectivity index (χ1v) is 5.13. The second kappa shape index (κ2) is 3.57. The molecular weight excluding hydrogens is 224 g/mol. The molecule has 0 bridgehead atoms. The third kappa shape index (κ3) is 1.44. The van der Waals surface area contributed by atoms with Crippen LogP contribution in [-0.2, 0) is 0 Å². The van der Waals surface area contributed by atoms with Gasteiger partial charge in [0.15, 0.2) is 0 Å². The van der Waals surface area contributed by atoms with Crippen LogP contribution < -0.4 is 0 Å². The minimum absolute atomic E-state index is 0.665. The van der Waals surface area contributed by atoms with Gasteiger partial charge in [-0.3, -0.25) is 4.98 Å². The average Bonchev–Trinajstić information content (AvgIpc) is 2.76. The maximum absolute atomic E-state index is 6.06. The molecule has 0 fully saturated rings. The van der Waals surface area contributed by atoms with E-state index in [1.54, 1.807) is 24.7 Å². The lowest BCUT2D eigenvalue weighted by atomic mass is 10.2. The Morgan fingerprint density at radius 3 is 2.81 bits per heavy atom. The van der Waals surface area contributed by atoms with Gasteiger partial charge in [-0.15, -0.1) is 0 Å².